The molecule has 0 aromatic rings. The zero-order valence-corrected chi connectivity index (χ0v) is 17.8. The van der Waals surface area contributed by atoms with E-state index in [0.29, 0.717) is 0 Å². The van der Waals surface area contributed by atoms with E-state index in [-0.39, 0.29) is 0 Å². The number of nitrogens with zero attached hydrogens (tertiary/aromatic N) is 1. The molecule has 0 aliphatic heterocycles. The molecule has 23 heavy (non-hydrogen) atoms. The fourth-order valence-electron chi connectivity index (χ4n) is 3.48. The van der Waals surface area contributed by atoms with E-state index in [1.165, 1.54) is 83.7 Å². The summed E-state index contributed by atoms with van der Waals surface area (Å²) in [5.74, 6) is 1.96. The molecule has 1 fully saturated rings. The molecule has 0 N–H and O–H groups in total. The van der Waals surface area contributed by atoms with Crippen LogP contribution >= 0.6 is 0 Å². The van der Waals surface area contributed by atoms with Crippen LogP contribution in [0.2, 0.25) is 0 Å². The Kier molecular flexibility index (Phi) is 21.9. The highest BCUT2D eigenvalue weighted by atomic mass is 15.1. The minimum atomic E-state index is 0.966. The molecule has 0 amide bonds. The Labute approximate surface area is 149 Å². The Hall–Kier alpha value is -0.0400. The number of hydrogen-bond donors (Lipinski definition) is 0. The van der Waals surface area contributed by atoms with E-state index in [2.05, 4.69) is 25.8 Å². The highest BCUT2D eigenvalue weighted by Crippen LogP contribution is 2.29. The van der Waals surface area contributed by atoms with Crippen LogP contribution in [0.3, 0.4) is 0 Å². The first kappa shape index (κ1) is 25.2. The topological polar surface area (TPSA) is 3.24 Å². The molecular formula is C22H49N. The molecule has 0 radical (unpaired) electrons. The molecule has 142 valence electrons. The maximum atomic E-state index is 2.57. The lowest BCUT2D eigenvalue weighted by molar-refractivity contribution is 0.224. The van der Waals surface area contributed by atoms with E-state index >= 15 is 0 Å². The molecule has 2 unspecified atom stereocenters. The molecule has 0 bridgehead atoms. The zero-order valence-electron chi connectivity index (χ0n) is 17.8. The summed E-state index contributed by atoms with van der Waals surface area (Å²) >= 11 is 0. The summed E-state index contributed by atoms with van der Waals surface area (Å²) in [6.45, 7) is 15.4. The molecule has 1 rings (SSSR count). The summed E-state index contributed by atoms with van der Waals surface area (Å²) in [5, 5.41) is 0. The molecular weight excluding hydrogens is 278 g/mol. The Morgan fingerprint density at radius 3 is 2.00 bits per heavy atom. The average Bonchev–Trinajstić information content (AvgIpc) is 2.58. The van der Waals surface area contributed by atoms with Crippen molar-refractivity contribution >= 4 is 0 Å². The van der Waals surface area contributed by atoms with Crippen LogP contribution in [0.4, 0.5) is 0 Å². The molecule has 0 aromatic carbocycles. The maximum Gasteiger partial charge on any atom is -0.00190 e. The third-order valence-corrected chi connectivity index (χ3v) is 5.06. The molecule has 1 aliphatic rings. The van der Waals surface area contributed by atoms with Gasteiger partial charge in [0.25, 0.3) is 0 Å². The highest BCUT2D eigenvalue weighted by Gasteiger charge is 2.18. The monoisotopic (exact) mass is 327 g/mol. The van der Waals surface area contributed by atoms with Crippen LogP contribution in [0, 0.1) is 11.8 Å². The van der Waals surface area contributed by atoms with E-state index < -0.39 is 0 Å². The minimum Gasteiger partial charge on any atom is -0.306 e. The smallest absolute Gasteiger partial charge is 0.00190 e. The van der Waals surface area contributed by atoms with Crippen molar-refractivity contribution in [3.8, 4) is 0 Å². The Morgan fingerprint density at radius 2 is 1.39 bits per heavy atom. The van der Waals surface area contributed by atoms with Gasteiger partial charge in [0.1, 0.15) is 0 Å². The van der Waals surface area contributed by atoms with Crippen molar-refractivity contribution in [2.45, 2.75) is 112 Å². The number of unbranched alkanes of at least 4 members (excludes halogenated alkanes) is 3. The molecule has 1 aliphatic carbocycles. The quantitative estimate of drug-likeness (QED) is 0.416. The first-order chi connectivity index (χ1) is 11.2. The summed E-state index contributed by atoms with van der Waals surface area (Å²) in [5.41, 5.74) is 0. The highest BCUT2D eigenvalue weighted by molar-refractivity contribution is 4.71. The first-order valence-corrected chi connectivity index (χ1v) is 10.9. The fourth-order valence-corrected chi connectivity index (χ4v) is 3.48. The lowest BCUT2D eigenvalue weighted by Gasteiger charge is -2.28. The third kappa shape index (κ3) is 15.2. The van der Waals surface area contributed by atoms with Crippen LogP contribution in [0.1, 0.15) is 112 Å². The second-order valence-corrected chi connectivity index (χ2v) is 6.88. The number of rotatable bonds is 8. The van der Waals surface area contributed by atoms with Crippen molar-refractivity contribution in [1.82, 2.24) is 4.90 Å². The molecule has 0 heterocycles. The molecule has 2 atom stereocenters. The second kappa shape index (κ2) is 20.0. The van der Waals surface area contributed by atoms with Crippen LogP contribution < -0.4 is 0 Å². The van der Waals surface area contributed by atoms with Gasteiger partial charge in [0.05, 0.1) is 0 Å². The van der Waals surface area contributed by atoms with E-state index in [4.69, 9.17) is 0 Å². The van der Waals surface area contributed by atoms with Crippen molar-refractivity contribution < 1.29 is 0 Å². The summed E-state index contributed by atoms with van der Waals surface area (Å²) in [7, 11) is 2.32. The standard InChI is InChI=1S/C18H37N.2C2H6/c1-4-5-6-11-15-19(3)16-14-18-13-10-8-7-9-12-17(18)2;2*1-2/h17-18H,4-16H2,1-3H3;2*1-2H3. The zero-order chi connectivity index (χ0) is 17.9. The Balaban J connectivity index is 0. The van der Waals surface area contributed by atoms with Gasteiger partial charge in [-0.25, -0.2) is 0 Å². The summed E-state index contributed by atoms with van der Waals surface area (Å²) in [4.78, 5) is 2.57. The van der Waals surface area contributed by atoms with Gasteiger partial charge in [0.2, 0.25) is 0 Å². The minimum absolute atomic E-state index is 0.966. The predicted octanol–water partition coefficient (Wildman–Crippen LogP) is 7.55. The maximum absolute atomic E-state index is 2.57. The first-order valence-electron chi connectivity index (χ1n) is 10.9. The Morgan fingerprint density at radius 1 is 0.783 bits per heavy atom. The summed E-state index contributed by atoms with van der Waals surface area (Å²) in [6, 6.07) is 0. The largest absolute Gasteiger partial charge is 0.306 e. The summed E-state index contributed by atoms with van der Waals surface area (Å²) < 4.78 is 0. The summed E-state index contributed by atoms with van der Waals surface area (Å²) in [6.07, 6.45) is 15.9. The lowest BCUT2D eigenvalue weighted by Crippen LogP contribution is -2.25. The van der Waals surface area contributed by atoms with Crippen molar-refractivity contribution in [3.05, 3.63) is 0 Å². The average molecular weight is 328 g/mol. The predicted molar refractivity (Wildman–Crippen MR) is 109 cm³/mol. The van der Waals surface area contributed by atoms with Crippen LogP contribution in [0.5, 0.6) is 0 Å². The third-order valence-electron chi connectivity index (χ3n) is 5.06. The van der Waals surface area contributed by atoms with Gasteiger partial charge in [0, 0.05) is 0 Å². The van der Waals surface area contributed by atoms with Gasteiger partial charge in [-0.05, 0) is 44.8 Å². The fraction of sp³-hybridized carbons (Fsp3) is 1.00. The van der Waals surface area contributed by atoms with Crippen molar-refractivity contribution in [2.24, 2.45) is 11.8 Å². The van der Waals surface area contributed by atoms with Crippen LogP contribution in [0.15, 0.2) is 0 Å². The van der Waals surface area contributed by atoms with Gasteiger partial charge in [-0.3, -0.25) is 0 Å². The van der Waals surface area contributed by atoms with Crippen LogP contribution in [-0.2, 0) is 0 Å². The van der Waals surface area contributed by atoms with Gasteiger partial charge >= 0.3 is 0 Å². The normalized spacial score (nSPS) is 21.4. The molecule has 0 spiro atoms. The van der Waals surface area contributed by atoms with Crippen molar-refractivity contribution in [3.63, 3.8) is 0 Å². The van der Waals surface area contributed by atoms with Gasteiger partial charge in [-0.1, -0.05) is 99.3 Å². The second-order valence-electron chi connectivity index (χ2n) is 6.88. The van der Waals surface area contributed by atoms with Gasteiger partial charge < -0.3 is 4.90 Å². The van der Waals surface area contributed by atoms with Crippen LogP contribution in [-0.4, -0.2) is 25.0 Å². The van der Waals surface area contributed by atoms with Gasteiger partial charge in [0.15, 0.2) is 0 Å². The van der Waals surface area contributed by atoms with E-state index in [0.717, 1.165) is 11.8 Å². The number of hydrogen-bond acceptors (Lipinski definition) is 1. The van der Waals surface area contributed by atoms with E-state index in [1.807, 2.05) is 27.7 Å². The van der Waals surface area contributed by atoms with Gasteiger partial charge in [-0.2, -0.15) is 0 Å². The van der Waals surface area contributed by atoms with Gasteiger partial charge in [-0.15, -0.1) is 0 Å². The van der Waals surface area contributed by atoms with E-state index in [1.54, 1.807) is 0 Å². The Bertz CT molecular complexity index is 202. The van der Waals surface area contributed by atoms with E-state index in [9.17, 15) is 0 Å². The molecule has 1 nitrogen and oxygen atoms in total. The SMILES string of the molecule is CC.CC.CCCCCCN(C)CCC1CCCCCCC1C. The van der Waals surface area contributed by atoms with Crippen molar-refractivity contribution in [2.75, 3.05) is 20.1 Å². The molecule has 0 aromatic heterocycles. The van der Waals surface area contributed by atoms with Crippen LogP contribution in [0.25, 0.3) is 0 Å². The molecule has 1 heteroatoms. The molecule has 0 saturated heterocycles. The lowest BCUT2D eigenvalue weighted by atomic mass is 9.81. The van der Waals surface area contributed by atoms with Crippen molar-refractivity contribution in [1.29, 1.82) is 0 Å². The molecule has 1 saturated carbocycles.